The summed E-state index contributed by atoms with van der Waals surface area (Å²) in [5.74, 6) is -0.116. The molecule has 2 amide bonds. The number of hydrogen-bond acceptors (Lipinski definition) is 7. The zero-order valence-electron chi connectivity index (χ0n) is 21.1. The van der Waals surface area contributed by atoms with Crippen LogP contribution in [0.2, 0.25) is 10.3 Å². The van der Waals surface area contributed by atoms with E-state index in [1.54, 1.807) is 48.4 Å². The average Bonchev–Trinajstić information content (AvgIpc) is 3.58. The number of carbonyl (C=O) groups is 2. The summed E-state index contributed by atoms with van der Waals surface area (Å²) in [6, 6.07) is 6.45. The van der Waals surface area contributed by atoms with Crippen molar-refractivity contribution in [2.75, 3.05) is 20.6 Å². The van der Waals surface area contributed by atoms with Crippen LogP contribution in [0.15, 0.2) is 52.3 Å². The molecule has 0 radical (unpaired) electrons. The normalized spacial score (nSPS) is 23.1. The highest BCUT2D eigenvalue weighted by molar-refractivity contribution is 8.18. The number of aliphatic imine (C=N–C) groups is 1. The fourth-order valence-corrected chi connectivity index (χ4v) is 6.72. The van der Waals surface area contributed by atoms with E-state index in [-0.39, 0.29) is 29.8 Å². The summed E-state index contributed by atoms with van der Waals surface area (Å²) in [5.41, 5.74) is 2.75. The summed E-state index contributed by atoms with van der Waals surface area (Å²) in [7, 11) is 3.46. The van der Waals surface area contributed by atoms with Crippen LogP contribution in [0.3, 0.4) is 0 Å². The van der Waals surface area contributed by atoms with E-state index in [4.69, 9.17) is 28.2 Å². The van der Waals surface area contributed by atoms with Gasteiger partial charge in [-0.1, -0.05) is 49.2 Å². The molecular weight excluding hydrogens is 531 g/mol. The van der Waals surface area contributed by atoms with Gasteiger partial charge >= 0.3 is 0 Å². The quantitative estimate of drug-likeness (QED) is 0.484. The second-order valence-electron chi connectivity index (χ2n) is 9.86. The van der Waals surface area contributed by atoms with Crippen molar-refractivity contribution in [1.82, 2.24) is 24.7 Å². The number of amides is 2. The molecule has 0 aromatic carbocycles. The van der Waals surface area contributed by atoms with Gasteiger partial charge in [-0.25, -0.2) is 9.97 Å². The number of likely N-dealkylation sites (N-methyl/N-ethyl adjacent to an activating group) is 1. The minimum absolute atomic E-state index is 0.0367. The van der Waals surface area contributed by atoms with Crippen LogP contribution >= 0.6 is 35.0 Å². The molecule has 0 aliphatic carbocycles. The number of carbonyl (C=O) groups excluding carboxylic acids is 2. The number of pyridine rings is 2. The van der Waals surface area contributed by atoms with Gasteiger partial charge in [0.15, 0.2) is 5.17 Å². The van der Waals surface area contributed by atoms with Crippen molar-refractivity contribution in [3.63, 3.8) is 0 Å². The van der Waals surface area contributed by atoms with Crippen molar-refractivity contribution in [3.8, 4) is 0 Å². The number of nitrogens with zero attached hydrogens (tertiary/aromatic N) is 6. The Morgan fingerprint density at radius 2 is 1.70 bits per heavy atom. The van der Waals surface area contributed by atoms with Gasteiger partial charge < -0.3 is 14.7 Å². The van der Waals surface area contributed by atoms with Crippen LogP contribution in [0.5, 0.6) is 0 Å². The Balaban J connectivity index is 1.57. The third-order valence-electron chi connectivity index (χ3n) is 6.88. The van der Waals surface area contributed by atoms with Crippen LogP contribution in [0.1, 0.15) is 49.9 Å². The molecule has 194 valence electrons. The van der Waals surface area contributed by atoms with Crippen molar-refractivity contribution in [1.29, 1.82) is 0 Å². The van der Waals surface area contributed by atoms with E-state index in [1.165, 1.54) is 11.8 Å². The minimum atomic E-state index is -0.439. The molecule has 0 spiro atoms. The number of thioether (sulfide) groups is 1. The van der Waals surface area contributed by atoms with E-state index in [9.17, 15) is 9.59 Å². The third-order valence-corrected chi connectivity index (χ3v) is 8.40. The molecule has 0 N–H and O–H groups in total. The average molecular weight is 560 g/mol. The number of halogens is 2. The molecule has 3 aliphatic heterocycles. The van der Waals surface area contributed by atoms with Crippen molar-refractivity contribution < 1.29 is 9.59 Å². The Kier molecular flexibility index (Phi) is 7.22. The number of allylic oxidation sites excluding steroid dienone is 1. The molecule has 11 heteroatoms. The number of fused-ring (bicyclic) bond motifs is 1. The standard InChI is InChI=1S/C26H28Cl2N6O2S/c1-14(2)21-23(25(36)33-11-5-6-17(33)24(35)32(3)4)37-26-31-20(15-7-9-18(27)29-12-15)22(34(21)26)16-8-10-19(28)30-13-16/h7-10,12-14,17,20,22H,5-6,11H2,1-4H3/t17-,20-,22+/m0/s1. The van der Waals surface area contributed by atoms with Gasteiger partial charge in [-0.2, -0.15) is 0 Å². The predicted octanol–water partition coefficient (Wildman–Crippen LogP) is 4.93. The molecule has 2 aromatic rings. The van der Waals surface area contributed by atoms with Gasteiger partial charge in [-0.05, 0) is 53.8 Å². The lowest BCUT2D eigenvalue weighted by Gasteiger charge is -2.32. The largest absolute Gasteiger partial charge is 0.347 e. The predicted molar refractivity (Wildman–Crippen MR) is 146 cm³/mol. The first-order chi connectivity index (χ1) is 17.7. The fourth-order valence-electron chi connectivity index (χ4n) is 5.19. The second kappa shape index (κ2) is 10.3. The first kappa shape index (κ1) is 26.0. The lowest BCUT2D eigenvalue weighted by atomic mass is 9.94. The topological polar surface area (TPSA) is 82.0 Å². The van der Waals surface area contributed by atoms with E-state index in [2.05, 4.69) is 28.7 Å². The van der Waals surface area contributed by atoms with Crippen molar-refractivity contribution in [2.24, 2.45) is 10.9 Å². The van der Waals surface area contributed by atoms with E-state index in [0.29, 0.717) is 28.2 Å². The highest BCUT2D eigenvalue weighted by atomic mass is 35.5. The summed E-state index contributed by atoms with van der Waals surface area (Å²) < 4.78 is 0. The van der Waals surface area contributed by atoms with E-state index in [0.717, 1.165) is 28.4 Å². The maximum atomic E-state index is 13.9. The first-order valence-electron chi connectivity index (χ1n) is 12.2. The van der Waals surface area contributed by atoms with Gasteiger partial charge in [0.1, 0.15) is 27.3 Å². The monoisotopic (exact) mass is 558 g/mol. The van der Waals surface area contributed by atoms with Gasteiger partial charge in [0.05, 0.1) is 6.04 Å². The highest BCUT2D eigenvalue weighted by Gasteiger charge is 2.49. The molecule has 37 heavy (non-hydrogen) atoms. The maximum Gasteiger partial charge on any atom is 0.263 e. The van der Waals surface area contributed by atoms with Gasteiger partial charge in [-0.3, -0.25) is 14.6 Å². The number of rotatable bonds is 5. The van der Waals surface area contributed by atoms with Crippen molar-refractivity contribution in [2.45, 2.75) is 44.8 Å². The van der Waals surface area contributed by atoms with Gasteiger partial charge in [0.25, 0.3) is 5.91 Å². The van der Waals surface area contributed by atoms with Gasteiger partial charge in [0.2, 0.25) is 5.91 Å². The number of aromatic nitrogens is 2. The molecule has 8 nitrogen and oxygen atoms in total. The van der Waals surface area contributed by atoms with Gasteiger partial charge in [0, 0.05) is 38.7 Å². The summed E-state index contributed by atoms with van der Waals surface area (Å²) in [6.07, 6.45) is 4.98. The SMILES string of the molecule is CC(C)C1=C(C(=O)N2CCC[C@H]2C(=O)N(C)C)SC2=N[C@@H](c3ccc(Cl)nc3)[C@@H](c3ccc(Cl)nc3)N21. The smallest absolute Gasteiger partial charge is 0.263 e. The van der Waals surface area contributed by atoms with Gasteiger partial charge in [-0.15, -0.1) is 0 Å². The van der Waals surface area contributed by atoms with E-state index < -0.39 is 6.04 Å². The lowest BCUT2D eigenvalue weighted by Crippen LogP contribution is -2.45. The molecule has 1 saturated heterocycles. The Hall–Kier alpha value is -2.62. The Morgan fingerprint density at radius 1 is 1.05 bits per heavy atom. The Morgan fingerprint density at radius 3 is 2.27 bits per heavy atom. The lowest BCUT2D eigenvalue weighted by molar-refractivity contribution is -0.140. The van der Waals surface area contributed by atoms with Crippen LogP contribution in [0.4, 0.5) is 0 Å². The van der Waals surface area contributed by atoms with Crippen LogP contribution in [0.25, 0.3) is 0 Å². The molecular formula is C26H28Cl2N6O2S. The zero-order valence-corrected chi connectivity index (χ0v) is 23.4. The number of amidine groups is 1. The number of likely N-dealkylation sites (tertiary alicyclic amines) is 1. The molecule has 1 fully saturated rings. The third kappa shape index (κ3) is 4.73. The summed E-state index contributed by atoms with van der Waals surface area (Å²) in [5, 5.41) is 1.57. The molecule has 0 unspecified atom stereocenters. The minimum Gasteiger partial charge on any atom is -0.347 e. The molecule has 3 atom stereocenters. The maximum absolute atomic E-state index is 13.9. The molecule has 5 heterocycles. The molecule has 5 rings (SSSR count). The van der Waals surface area contributed by atoms with E-state index >= 15 is 0 Å². The first-order valence-corrected chi connectivity index (χ1v) is 13.8. The molecule has 3 aliphatic rings. The molecule has 0 bridgehead atoms. The zero-order chi connectivity index (χ0) is 26.4. The second-order valence-corrected chi connectivity index (χ2v) is 11.6. The van der Waals surface area contributed by atoms with Crippen LogP contribution in [-0.4, -0.2) is 68.3 Å². The number of hydrogen-bond donors (Lipinski definition) is 0. The summed E-state index contributed by atoms with van der Waals surface area (Å²) >= 11 is 13.5. The van der Waals surface area contributed by atoms with Crippen LogP contribution in [-0.2, 0) is 9.59 Å². The summed E-state index contributed by atoms with van der Waals surface area (Å²) in [4.78, 5) is 46.5. The highest BCUT2D eigenvalue weighted by Crippen LogP contribution is 2.53. The summed E-state index contributed by atoms with van der Waals surface area (Å²) in [6.45, 7) is 4.72. The molecule has 2 aromatic heterocycles. The Labute approximate surface area is 230 Å². The van der Waals surface area contributed by atoms with Crippen LogP contribution in [0, 0.1) is 5.92 Å². The Bertz CT molecular complexity index is 1280. The van der Waals surface area contributed by atoms with Crippen molar-refractivity contribution >= 4 is 51.9 Å². The van der Waals surface area contributed by atoms with Crippen LogP contribution < -0.4 is 0 Å². The molecule has 0 saturated carbocycles. The van der Waals surface area contributed by atoms with Crippen molar-refractivity contribution in [3.05, 3.63) is 68.7 Å². The van der Waals surface area contributed by atoms with E-state index in [1.807, 2.05) is 12.1 Å². The fraction of sp³-hybridized carbons (Fsp3) is 0.423.